The third-order valence-electron chi connectivity index (χ3n) is 12.5. The number of nitrogens with zero attached hydrogens (tertiary/aromatic N) is 1. The molecule has 2 aliphatic heterocycles. The van der Waals surface area contributed by atoms with Crippen LogP contribution in [0.5, 0.6) is 0 Å². The van der Waals surface area contributed by atoms with Crippen LogP contribution in [0, 0.1) is 0 Å². The van der Waals surface area contributed by atoms with E-state index in [9.17, 15) is 9.59 Å². The van der Waals surface area contributed by atoms with E-state index in [2.05, 4.69) is 25.7 Å². The van der Waals surface area contributed by atoms with Gasteiger partial charge in [0.15, 0.2) is 0 Å². The molecule has 2 heterocycles. The lowest BCUT2D eigenvalue weighted by Crippen LogP contribution is -2.62. The van der Waals surface area contributed by atoms with Crippen LogP contribution < -0.4 is 0 Å². The SMILES string of the molecule is CCCCCCCCCCCCCCCCCC(=O)OC1CCC2C(OC(=O)CCCCCCCCCCCCCCCCC)CCC1N2CCCC. The predicted molar refractivity (Wildman–Crippen MR) is 227 cm³/mol. The summed E-state index contributed by atoms with van der Waals surface area (Å²) < 4.78 is 12.3. The number of rotatable bonds is 37. The highest BCUT2D eigenvalue weighted by Gasteiger charge is 2.46. The van der Waals surface area contributed by atoms with Crippen LogP contribution in [0.15, 0.2) is 0 Å². The van der Waals surface area contributed by atoms with Gasteiger partial charge in [-0.05, 0) is 51.5 Å². The normalized spacial score (nSPS) is 20.1. The first-order valence-corrected chi connectivity index (χ1v) is 24.2. The molecule has 0 aromatic rings. The number of hydrogen-bond donors (Lipinski definition) is 0. The minimum Gasteiger partial charge on any atom is -0.461 e. The molecule has 2 fully saturated rings. The fourth-order valence-corrected chi connectivity index (χ4v) is 9.12. The Hall–Kier alpha value is -1.10. The maximum atomic E-state index is 12.9. The van der Waals surface area contributed by atoms with E-state index >= 15 is 0 Å². The van der Waals surface area contributed by atoms with Gasteiger partial charge in [0.05, 0.1) is 0 Å². The van der Waals surface area contributed by atoms with Gasteiger partial charge in [-0.2, -0.15) is 0 Å². The van der Waals surface area contributed by atoms with Gasteiger partial charge in [0.2, 0.25) is 0 Å². The quantitative estimate of drug-likeness (QED) is 0.0468. The number of carbonyl (C=O) groups is 2. The van der Waals surface area contributed by atoms with Crippen LogP contribution in [-0.4, -0.2) is 47.7 Å². The van der Waals surface area contributed by atoms with Crippen LogP contribution in [0.2, 0.25) is 0 Å². The van der Waals surface area contributed by atoms with Crippen molar-refractivity contribution in [2.45, 2.75) is 289 Å². The molecular weight excluding hydrogens is 655 g/mol. The van der Waals surface area contributed by atoms with Crippen molar-refractivity contribution in [3.05, 3.63) is 0 Å². The average molecular weight is 746 g/mol. The van der Waals surface area contributed by atoms with Gasteiger partial charge in [0.25, 0.3) is 0 Å². The van der Waals surface area contributed by atoms with Crippen molar-refractivity contribution in [2.75, 3.05) is 6.54 Å². The smallest absolute Gasteiger partial charge is 0.306 e. The molecule has 0 spiro atoms. The number of carbonyl (C=O) groups excluding carboxylic acids is 2. The third kappa shape index (κ3) is 24.2. The van der Waals surface area contributed by atoms with E-state index in [0.717, 1.165) is 70.8 Å². The number of esters is 2. The lowest BCUT2D eigenvalue weighted by Gasteiger charge is -2.52. The van der Waals surface area contributed by atoms with Crippen molar-refractivity contribution in [1.82, 2.24) is 4.90 Å². The second-order valence-electron chi connectivity index (χ2n) is 17.3. The first kappa shape index (κ1) is 48.0. The van der Waals surface area contributed by atoms with Crippen LogP contribution in [0.3, 0.4) is 0 Å². The highest BCUT2D eigenvalue weighted by Crippen LogP contribution is 2.38. The molecule has 0 amide bonds. The first-order valence-electron chi connectivity index (χ1n) is 24.2. The minimum absolute atomic E-state index is 0.00404. The summed E-state index contributed by atoms with van der Waals surface area (Å²) in [4.78, 5) is 28.4. The lowest BCUT2D eigenvalue weighted by atomic mass is 9.80. The van der Waals surface area contributed by atoms with Gasteiger partial charge in [-0.1, -0.05) is 207 Å². The third-order valence-corrected chi connectivity index (χ3v) is 12.5. The molecule has 5 heteroatoms. The number of hydrogen-bond acceptors (Lipinski definition) is 5. The Kier molecular flexibility index (Phi) is 31.0. The number of fused-ring (bicyclic) bond motifs is 2. The summed E-state index contributed by atoms with van der Waals surface area (Å²) in [7, 11) is 0. The van der Waals surface area contributed by atoms with E-state index in [1.54, 1.807) is 0 Å². The first-order chi connectivity index (χ1) is 26.1. The highest BCUT2D eigenvalue weighted by atomic mass is 16.6. The maximum Gasteiger partial charge on any atom is 0.306 e. The van der Waals surface area contributed by atoms with Crippen LogP contribution in [0.4, 0.5) is 0 Å². The molecule has 0 aromatic heterocycles. The molecule has 0 N–H and O–H groups in total. The second-order valence-corrected chi connectivity index (χ2v) is 17.3. The summed E-state index contributed by atoms with van der Waals surface area (Å²) in [6, 6.07) is 0.548. The molecule has 0 aromatic carbocycles. The summed E-state index contributed by atoms with van der Waals surface area (Å²) in [6.07, 6.45) is 47.1. The van der Waals surface area contributed by atoms with Crippen LogP contribution in [0.1, 0.15) is 265 Å². The highest BCUT2D eigenvalue weighted by molar-refractivity contribution is 5.70. The van der Waals surface area contributed by atoms with E-state index in [-0.39, 0.29) is 36.2 Å². The zero-order chi connectivity index (χ0) is 38.0. The Bertz CT molecular complexity index is 783. The van der Waals surface area contributed by atoms with E-state index in [1.165, 1.54) is 167 Å². The van der Waals surface area contributed by atoms with Gasteiger partial charge in [0, 0.05) is 24.9 Å². The van der Waals surface area contributed by atoms with E-state index in [0.29, 0.717) is 12.8 Å². The Morgan fingerprint density at radius 1 is 0.377 bits per heavy atom. The van der Waals surface area contributed by atoms with Gasteiger partial charge in [-0.15, -0.1) is 0 Å². The van der Waals surface area contributed by atoms with Crippen LogP contribution in [0.25, 0.3) is 0 Å². The van der Waals surface area contributed by atoms with Gasteiger partial charge < -0.3 is 9.47 Å². The fraction of sp³-hybridized carbons (Fsp3) is 0.958. The molecule has 4 atom stereocenters. The molecule has 0 aliphatic carbocycles. The van der Waals surface area contributed by atoms with Gasteiger partial charge in [-0.3, -0.25) is 14.5 Å². The average Bonchev–Trinajstić information content (AvgIpc) is 3.15. The lowest BCUT2D eigenvalue weighted by molar-refractivity contribution is -0.173. The molecular formula is C48H91NO4. The Labute approximate surface area is 330 Å². The van der Waals surface area contributed by atoms with Crippen molar-refractivity contribution in [1.29, 1.82) is 0 Å². The van der Waals surface area contributed by atoms with E-state index in [1.807, 2.05) is 0 Å². The molecule has 2 aliphatic rings. The maximum absolute atomic E-state index is 12.9. The molecule has 2 bridgehead atoms. The molecule has 0 radical (unpaired) electrons. The Morgan fingerprint density at radius 2 is 0.642 bits per heavy atom. The molecule has 4 unspecified atom stereocenters. The van der Waals surface area contributed by atoms with E-state index in [4.69, 9.17) is 9.47 Å². The van der Waals surface area contributed by atoms with Crippen molar-refractivity contribution in [3.8, 4) is 0 Å². The molecule has 312 valence electrons. The van der Waals surface area contributed by atoms with Gasteiger partial charge in [0.1, 0.15) is 12.2 Å². The number of unbranched alkanes of at least 4 members (excludes halogenated alkanes) is 29. The standard InChI is InChI=1S/C48H91NO4/c1-4-7-10-12-14-16-18-20-22-24-26-28-30-32-34-36-47(50)52-45-40-38-44-46(41-39-43(45)49(44)42-9-6-3)53-48(51)37-35-33-31-29-27-25-23-21-19-17-15-13-11-8-5-2/h43-46H,4-42H2,1-3H3. The van der Waals surface area contributed by atoms with E-state index < -0.39 is 0 Å². The number of piperidine rings is 2. The molecule has 5 nitrogen and oxygen atoms in total. The predicted octanol–water partition coefficient (Wildman–Crippen LogP) is 14.8. The topological polar surface area (TPSA) is 55.8 Å². The fourth-order valence-electron chi connectivity index (χ4n) is 9.12. The zero-order valence-corrected chi connectivity index (χ0v) is 36.0. The summed E-state index contributed by atoms with van der Waals surface area (Å²) in [5.74, 6) is -0.00808. The summed E-state index contributed by atoms with van der Waals surface area (Å²) in [6.45, 7) is 7.82. The number of ether oxygens (including phenoxy) is 2. The van der Waals surface area contributed by atoms with Crippen molar-refractivity contribution in [3.63, 3.8) is 0 Å². The molecule has 2 rings (SSSR count). The summed E-state index contributed by atoms with van der Waals surface area (Å²) >= 11 is 0. The molecule has 53 heavy (non-hydrogen) atoms. The molecule has 0 saturated carbocycles. The zero-order valence-electron chi connectivity index (χ0n) is 36.0. The minimum atomic E-state index is -0.0103. The summed E-state index contributed by atoms with van der Waals surface area (Å²) in [5.41, 5.74) is 0. The second kappa shape index (κ2) is 34.2. The Balaban J connectivity index is 1.52. The van der Waals surface area contributed by atoms with Crippen molar-refractivity contribution < 1.29 is 19.1 Å². The monoisotopic (exact) mass is 746 g/mol. The van der Waals surface area contributed by atoms with Gasteiger partial charge in [-0.25, -0.2) is 0 Å². The molecule has 2 saturated heterocycles. The van der Waals surface area contributed by atoms with Crippen LogP contribution in [-0.2, 0) is 19.1 Å². The largest absolute Gasteiger partial charge is 0.461 e. The summed E-state index contributed by atoms with van der Waals surface area (Å²) in [5, 5.41) is 0. The Morgan fingerprint density at radius 3 is 0.925 bits per heavy atom. The van der Waals surface area contributed by atoms with Crippen molar-refractivity contribution >= 4 is 11.9 Å². The van der Waals surface area contributed by atoms with Crippen LogP contribution >= 0.6 is 0 Å². The van der Waals surface area contributed by atoms with Gasteiger partial charge >= 0.3 is 11.9 Å². The van der Waals surface area contributed by atoms with Crippen molar-refractivity contribution in [2.24, 2.45) is 0 Å².